The van der Waals surface area contributed by atoms with E-state index in [4.69, 9.17) is 11.6 Å². The van der Waals surface area contributed by atoms with E-state index >= 15 is 0 Å². The molecule has 0 aromatic heterocycles. The van der Waals surface area contributed by atoms with Gasteiger partial charge in [-0.1, -0.05) is 50.1 Å². The second-order valence-corrected chi connectivity index (χ2v) is 4.21. The van der Waals surface area contributed by atoms with Crippen molar-refractivity contribution in [2.45, 2.75) is 31.6 Å². The largest absolute Gasteiger partial charge is 0.355 e. The van der Waals surface area contributed by atoms with Crippen LogP contribution in [0.5, 0.6) is 0 Å². The Kier molecular flexibility index (Phi) is 5.94. The first-order valence-electron chi connectivity index (χ1n) is 5.72. The van der Waals surface area contributed by atoms with Gasteiger partial charge in [-0.3, -0.25) is 4.79 Å². The minimum absolute atomic E-state index is 0.107. The van der Waals surface area contributed by atoms with E-state index in [1.807, 2.05) is 30.3 Å². The summed E-state index contributed by atoms with van der Waals surface area (Å²) in [6.07, 6.45) is 3.30. The van der Waals surface area contributed by atoms with E-state index in [1.165, 1.54) is 0 Å². The second-order valence-electron chi connectivity index (χ2n) is 3.77. The van der Waals surface area contributed by atoms with Gasteiger partial charge in [-0.15, -0.1) is 11.6 Å². The maximum Gasteiger partial charge on any atom is 0.242 e. The Balaban J connectivity index is 2.37. The Morgan fingerprint density at radius 2 is 2.00 bits per heavy atom. The number of amides is 1. The molecule has 0 saturated carbocycles. The standard InChI is InChI=1S/C13H18ClNO/c1-2-3-7-10-15-13(16)12(14)11-8-5-4-6-9-11/h4-6,8-9,12H,2-3,7,10H2,1H3,(H,15,16). The molecule has 16 heavy (non-hydrogen) atoms. The first kappa shape index (κ1) is 13.0. The van der Waals surface area contributed by atoms with E-state index in [1.54, 1.807) is 0 Å². The lowest BCUT2D eigenvalue weighted by atomic mass is 10.1. The number of hydrogen-bond donors (Lipinski definition) is 1. The van der Waals surface area contributed by atoms with Gasteiger partial charge >= 0.3 is 0 Å². The predicted molar refractivity (Wildman–Crippen MR) is 67.6 cm³/mol. The van der Waals surface area contributed by atoms with Gasteiger partial charge < -0.3 is 5.32 Å². The van der Waals surface area contributed by atoms with Gasteiger partial charge in [-0.2, -0.15) is 0 Å². The van der Waals surface area contributed by atoms with E-state index in [0.717, 1.165) is 24.8 Å². The molecular formula is C13H18ClNO. The molecule has 1 amide bonds. The van der Waals surface area contributed by atoms with Gasteiger partial charge in [0.25, 0.3) is 0 Å². The van der Waals surface area contributed by atoms with Crippen molar-refractivity contribution in [3.05, 3.63) is 35.9 Å². The Hall–Kier alpha value is -1.02. The molecule has 0 saturated heterocycles. The summed E-state index contributed by atoms with van der Waals surface area (Å²) >= 11 is 6.06. The fourth-order valence-electron chi connectivity index (χ4n) is 1.45. The van der Waals surface area contributed by atoms with Crippen molar-refractivity contribution in [2.75, 3.05) is 6.54 Å². The molecule has 1 unspecified atom stereocenters. The summed E-state index contributed by atoms with van der Waals surface area (Å²) in [5.41, 5.74) is 0.845. The molecule has 1 atom stereocenters. The van der Waals surface area contributed by atoms with Crippen molar-refractivity contribution < 1.29 is 4.79 Å². The number of halogens is 1. The molecule has 0 aliphatic rings. The molecule has 0 spiro atoms. The maximum atomic E-state index is 11.7. The fraction of sp³-hybridized carbons (Fsp3) is 0.462. The van der Waals surface area contributed by atoms with Crippen molar-refractivity contribution in [1.29, 1.82) is 0 Å². The van der Waals surface area contributed by atoms with Crippen molar-refractivity contribution >= 4 is 17.5 Å². The molecule has 2 nitrogen and oxygen atoms in total. The average molecular weight is 240 g/mol. The third kappa shape index (κ3) is 4.23. The number of unbranched alkanes of at least 4 members (excludes halogenated alkanes) is 2. The number of nitrogens with one attached hydrogen (secondary N) is 1. The van der Waals surface area contributed by atoms with Gasteiger partial charge in [0.1, 0.15) is 5.38 Å². The zero-order valence-corrected chi connectivity index (χ0v) is 10.3. The normalized spacial score (nSPS) is 12.1. The van der Waals surface area contributed by atoms with E-state index in [-0.39, 0.29) is 5.91 Å². The zero-order chi connectivity index (χ0) is 11.8. The third-order valence-corrected chi connectivity index (χ3v) is 2.85. The van der Waals surface area contributed by atoms with E-state index < -0.39 is 5.38 Å². The Morgan fingerprint density at radius 3 is 2.62 bits per heavy atom. The van der Waals surface area contributed by atoms with Gasteiger partial charge in [0.2, 0.25) is 5.91 Å². The smallest absolute Gasteiger partial charge is 0.242 e. The van der Waals surface area contributed by atoms with Crippen LogP contribution in [-0.2, 0) is 4.79 Å². The van der Waals surface area contributed by atoms with Gasteiger partial charge in [0, 0.05) is 6.54 Å². The monoisotopic (exact) mass is 239 g/mol. The average Bonchev–Trinajstić information content (AvgIpc) is 2.34. The quantitative estimate of drug-likeness (QED) is 0.599. The number of alkyl halides is 1. The van der Waals surface area contributed by atoms with Crippen molar-refractivity contribution in [2.24, 2.45) is 0 Å². The highest BCUT2D eigenvalue weighted by Crippen LogP contribution is 2.19. The first-order valence-corrected chi connectivity index (χ1v) is 6.16. The van der Waals surface area contributed by atoms with Crippen LogP contribution in [0.25, 0.3) is 0 Å². The summed E-state index contributed by atoms with van der Waals surface area (Å²) in [6, 6.07) is 9.41. The molecule has 88 valence electrons. The lowest BCUT2D eigenvalue weighted by molar-refractivity contribution is -0.120. The molecule has 0 heterocycles. The molecule has 3 heteroatoms. The summed E-state index contributed by atoms with van der Waals surface area (Å²) in [6.45, 7) is 2.85. The van der Waals surface area contributed by atoms with Crippen LogP contribution in [0.3, 0.4) is 0 Å². The summed E-state index contributed by atoms with van der Waals surface area (Å²) in [5, 5.41) is 2.26. The summed E-state index contributed by atoms with van der Waals surface area (Å²) in [7, 11) is 0. The van der Waals surface area contributed by atoms with Crippen LogP contribution < -0.4 is 5.32 Å². The molecule has 0 bridgehead atoms. The van der Waals surface area contributed by atoms with E-state index in [2.05, 4.69) is 12.2 Å². The second kappa shape index (κ2) is 7.29. The van der Waals surface area contributed by atoms with Crippen LogP contribution in [-0.4, -0.2) is 12.5 Å². The molecule has 0 radical (unpaired) electrons. The lowest BCUT2D eigenvalue weighted by Gasteiger charge is -2.10. The van der Waals surface area contributed by atoms with Crippen LogP contribution in [0.4, 0.5) is 0 Å². The molecule has 1 aromatic rings. The van der Waals surface area contributed by atoms with Crippen LogP contribution in [0.15, 0.2) is 30.3 Å². The summed E-state index contributed by atoms with van der Waals surface area (Å²) < 4.78 is 0. The van der Waals surface area contributed by atoms with Gasteiger partial charge in [0.15, 0.2) is 0 Å². The van der Waals surface area contributed by atoms with Crippen LogP contribution in [0.1, 0.15) is 37.1 Å². The van der Waals surface area contributed by atoms with Gasteiger partial charge in [-0.05, 0) is 12.0 Å². The predicted octanol–water partition coefficient (Wildman–Crippen LogP) is 3.27. The summed E-state index contributed by atoms with van der Waals surface area (Å²) in [5.74, 6) is -0.107. The zero-order valence-electron chi connectivity index (χ0n) is 9.58. The highest BCUT2D eigenvalue weighted by Gasteiger charge is 2.16. The molecule has 0 aliphatic carbocycles. The molecule has 1 N–H and O–H groups in total. The van der Waals surface area contributed by atoms with Crippen molar-refractivity contribution in [3.8, 4) is 0 Å². The van der Waals surface area contributed by atoms with Crippen LogP contribution >= 0.6 is 11.6 Å². The van der Waals surface area contributed by atoms with E-state index in [0.29, 0.717) is 6.54 Å². The Bertz CT molecular complexity index is 313. The van der Waals surface area contributed by atoms with Gasteiger partial charge in [0.05, 0.1) is 0 Å². The van der Waals surface area contributed by atoms with Crippen LogP contribution in [0, 0.1) is 0 Å². The Labute approximate surface area is 102 Å². The van der Waals surface area contributed by atoms with Crippen molar-refractivity contribution in [1.82, 2.24) is 5.32 Å². The minimum atomic E-state index is -0.581. The molecule has 0 aliphatic heterocycles. The Morgan fingerprint density at radius 1 is 1.31 bits per heavy atom. The summed E-state index contributed by atoms with van der Waals surface area (Å²) in [4.78, 5) is 11.7. The number of carbonyl (C=O) groups excluding carboxylic acids is 1. The number of rotatable bonds is 6. The number of carbonyl (C=O) groups is 1. The minimum Gasteiger partial charge on any atom is -0.355 e. The number of hydrogen-bond acceptors (Lipinski definition) is 1. The maximum absolute atomic E-state index is 11.7. The highest BCUT2D eigenvalue weighted by molar-refractivity contribution is 6.30. The van der Waals surface area contributed by atoms with Crippen molar-refractivity contribution in [3.63, 3.8) is 0 Å². The molecule has 1 aromatic carbocycles. The number of benzene rings is 1. The lowest BCUT2D eigenvalue weighted by Crippen LogP contribution is -2.27. The first-order chi connectivity index (χ1) is 7.75. The third-order valence-electron chi connectivity index (χ3n) is 2.40. The van der Waals surface area contributed by atoms with E-state index in [9.17, 15) is 4.79 Å². The molecule has 1 rings (SSSR count). The SMILES string of the molecule is CCCCCNC(=O)C(Cl)c1ccccc1. The van der Waals surface area contributed by atoms with Crippen LogP contribution in [0.2, 0.25) is 0 Å². The topological polar surface area (TPSA) is 29.1 Å². The fourth-order valence-corrected chi connectivity index (χ4v) is 1.67. The molecular weight excluding hydrogens is 222 g/mol. The molecule has 0 fully saturated rings. The highest BCUT2D eigenvalue weighted by atomic mass is 35.5. The van der Waals surface area contributed by atoms with Gasteiger partial charge in [-0.25, -0.2) is 0 Å².